The quantitative estimate of drug-likeness (QED) is 0.209. The summed E-state index contributed by atoms with van der Waals surface area (Å²) in [5.41, 5.74) is 0. The second kappa shape index (κ2) is 23.9. The van der Waals surface area contributed by atoms with Gasteiger partial charge >= 0.3 is 11.9 Å². The van der Waals surface area contributed by atoms with Crippen LogP contribution in [0.3, 0.4) is 0 Å². The molecule has 0 bridgehead atoms. The molecule has 0 aliphatic heterocycles. The highest BCUT2D eigenvalue weighted by molar-refractivity contribution is 6.27. The van der Waals surface area contributed by atoms with E-state index in [1.54, 1.807) is 0 Å². The van der Waals surface area contributed by atoms with Crippen LogP contribution in [0.15, 0.2) is 0 Å². The van der Waals surface area contributed by atoms with E-state index in [0.29, 0.717) is 0 Å². The van der Waals surface area contributed by atoms with Gasteiger partial charge in [0.05, 0.1) is 0 Å². The molecule has 0 saturated carbocycles. The van der Waals surface area contributed by atoms with E-state index in [1.165, 1.54) is 116 Å². The van der Waals surface area contributed by atoms with Crippen molar-refractivity contribution >= 4 is 11.9 Å². The fraction of sp³-hybridized carbons (Fsp3) is 0.909. The lowest BCUT2D eigenvalue weighted by atomic mass is 10.0. The minimum atomic E-state index is -1.82. The Morgan fingerprint density at radius 2 is 0.577 bits per heavy atom. The Bertz CT molecular complexity index is 273. The van der Waals surface area contributed by atoms with Crippen LogP contribution in [0, 0.1) is 0 Å². The first-order valence-corrected chi connectivity index (χ1v) is 11.0. The van der Waals surface area contributed by atoms with E-state index < -0.39 is 11.9 Å². The number of carbonyl (C=O) groups is 2. The van der Waals surface area contributed by atoms with E-state index in [9.17, 15) is 0 Å². The molecule has 0 fully saturated rings. The van der Waals surface area contributed by atoms with Crippen molar-refractivity contribution in [3.05, 3.63) is 0 Å². The Hall–Kier alpha value is -1.06. The molecule has 0 radical (unpaired) electrons. The third kappa shape index (κ3) is 27.8. The van der Waals surface area contributed by atoms with Crippen molar-refractivity contribution in [2.45, 2.75) is 129 Å². The van der Waals surface area contributed by atoms with E-state index in [2.05, 4.69) is 13.8 Å². The molecular weight excluding hydrogens is 328 g/mol. The van der Waals surface area contributed by atoms with Crippen molar-refractivity contribution in [1.82, 2.24) is 0 Å². The maximum atomic E-state index is 9.10. The molecule has 0 amide bonds. The summed E-state index contributed by atoms with van der Waals surface area (Å²) < 4.78 is 0. The molecular formula is C22H44O4. The van der Waals surface area contributed by atoms with Gasteiger partial charge in [-0.2, -0.15) is 0 Å². The van der Waals surface area contributed by atoms with Crippen molar-refractivity contribution in [2.75, 3.05) is 0 Å². The lowest BCUT2D eigenvalue weighted by molar-refractivity contribution is -0.159. The average Bonchev–Trinajstić information content (AvgIpc) is 2.62. The average molecular weight is 373 g/mol. The van der Waals surface area contributed by atoms with E-state index in [-0.39, 0.29) is 0 Å². The molecule has 0 heterocycles. The second-order valence-corrected chi connectivity index (χ2v) is 7.27. The SMILES string of the molecule is CCCCCCCCCCCCCCCCCCCC.O=C(O)C(=O)O. The van der Waals surface area contributed by atoms with Crippen molar-refractivity contribution < 1.29 is 19.8 Å². The van der Waals surface area contributed by atoms with Crippen LogP contribution in [0.5, 0.6) is 0 Å². The molecule has 0 aromatic rings. The Balaban J connectivity index is 0. The zero-order valence-corrected chi connectivity index (χ0v) is 17.4. The van der Waals surface area contributed by atoms with E-state index in [1.807, 2.05) is 0 Å². The highest BCUT2D eigenvalue weighted by Gasteiger charge is 2.04. The summed E-state index contributed by atoms with van der Waals surface area (Å²) in [5.74, 6) is -3.65. The fourth-order valence-corrected chi connectivity index (χ4v) is 2.97. The summed E-state index contributed by atoms with van der Waals surface area (Å²) in [5, 5.41) is 14.8. The summed E-state index contributed by atoms with van der Waals surface area (Å²) in [6.45, 7) is 4.59. The maximum absolute atomic E-state index is 9.10. The van der Waals surface area contributed by atoms with E-state index in [4.69, 9.17) is 19.8 Å². The molecule has 26 heavy (non-hydrogen) atoms. The number of carboxylic acid groups (broad SMARTS) is 2. The van der Waals surface area contributed by atoms with Crippen LogP contribution in [0.4, 0.5) is 0 Å². The monoisotopic (exact) mass is 372 g/mol. The lowest BCUT2D eigenvalue weighted by Gasteiger charge is -2.03. The van der Waals surface area contributed by atoms with Gasteiger partial charge in [0.25, 0.3) is 0 Å². The second-order valence-electron chi connectivity index (χ2n) is 7.27. The van der Waals surface area contributed by atoms with Gasteiger partial charge in [-0.15, -0.1) is 0 Å². The van der Waals surface area contributed by atoms with Crippen LogP contribution < -0.4 is 0 Å². The number of hydrogen-bond donors (Lipinski definition) is 2. The van der Waals surface area contributed by atoms with Gasteiger partial charge in [0.15, 0.2) is 0 Å². The molecule has 0 spiro atoms. The molecule has 2 N–H and O–H groups in total. The van der Waals surface area contributed by atoms with Crippen LogP contribution >= 0.6 is 0 Å². The minimum Gasteiger partial charge on any atom is -0.473 e. The normalized spacial score (nSPS) is 10.2. The van der Waals surface area contributed by atoms with Gasteiger partial charge in [-0.3, -0.25) is 0 Å². The molecule has 0 aliphatic rings. The number of hydrogen-bond acceptors (Lipinski definition) is 2. The van der Waals surface area contributed by atoms with E-state index in [0.717, 1.165) is 0 Å². The van der Waals surface area contributed by atoms with Crippen LogP contribution in [0.25, 0.3) is 0 Å². The summed E-state index contributed by atoms with van der Waals surface area (Å²) in [4.78, 5) is 18.2. The Labute approximate surface area is 161 Å². The Kier molecular flexibility index (Phi) is 25.0. The molecule has 0 aliphatic carbocycles. The van der Waals surface area contributed by atoms with Gasteiger partial charge in [0, 0.05) is 0 Å². The van der Waals surface area contributed by atoms with Gasteiger partial charge < -0.3 is 10.2 Å². The van der Waals surface area contributed by atoms with Crippen molar-refractivity contribution in [3.8, 4) is 0 Å². The first-order valence-electron chi connectivity index (χ1n) is 11.0. The zero-order valence-electron chi connectivity index (χ0n) is 17.4. The predicted octanol–water partition coefficient (Wildman–Crippen LogP) is 7.20. The van der Waals surface area contributed by atoms with E-state index >= 15 is 0 Å². The molecule has 0 saturated heterocycles. The largest absolute Gasteiger partial charge is 0.473 e. The molecule has 0 rings (SSSR count). The highest BCUT2D eigenvalue weighted by atomic mass is 16.4. The number of carboxylic acids is 2. The molecule has 4 nitrogen and oxygen atoms in total. The summed E-state index contributed by atoms with van der Waals surface area (Å²) in [6, 6.07) is 0. The van der Waals surface area contributed by atoms with Gasteiger partial charge in [0.1, 0.15) is 0 Å². The number of unbranched alkanes of at least 4 members (excludes halogenated alkanes) is 17. The van der Waals surface area contributed by atoms with Crippen LogP contribution in [0.1, 0.15) is 129 Å². The molecule has 0 unspecified atom stereocenters. The third-order valence-corrected chi connectivity index (χ3v) is 4.64. The standard InChI is InChI=1S/C20H42.C2H2O4/c1-3-5-7-9-11-13-15-17-19-20-18-16-14-12-10-8-6-4-2;3-1(4)2(5)6/h3-20H2,1-2H3;(H,3,4)(H,5,6). The summed E-state index contributed by atoms with van der Waals surface area (Å²) >= 11 is 0. The van der Waals surface area contributed by atoms with Gasteiger partial charge in [-0.25, -0.2) is 9.59 Å². The van der Waals surface area contributed by atoms with Gasteiger partial charge in [-0.05, 0) is 0 Å². The highest BCUT2D eigenvalue weighted by Crippen LogP contribution is 2.14. The lowest BCUT2D eigenvalue weighted by Crippen LogP contribution is -2.09. The van der Waals surface area contributed by atoms with Crippen LogP contribution in [0.2, 0.25) is 0 Å². The topological polar surface area (TPSA) is 74.6 Å². The van der Waals surface area contributed by atoms with Gasteiger partial charge in [0.2, 0.25) is 0 Å². The number of aliphatic carboxylic acids is 2. The molecule has 4 heteroatoms. The fourth-order valence-electron chi connectivity index (χ4n) is 2.97. The molecule has 0 atom stereocenters. The Morgan fingerprint density at radius 1 is 0.423 bits per heavy atom. The Morgan fingerprint density at radius 3 is 0.692 bits per heavy atom. The maximum Gasteiger partial charge on any atom is 0.414 e. The molecule has 156 valence electrons. The first-order chi connectivity index (χ1) is 12.6. The summed E-state index contributed by atoms with van der Waals surface area (Å²) in [6.07, 6.45) is 26.4. The van der Waals surface area contributed by atoms with Crippen molar-refractivity contribution in [2.24, 2.45) is 0 Å². The first kappa shape index (κ1) is 27.2. The van der Waals surface area contributed by atoms with Crippen molar-refractivity contribution in [1.29, 1.82) is 0 Å². The zero-order chi connectivity index (χ0) is 19.9. The predicted molar refractivity (Wildman–Crippen MR) is 110 cm³/mol. The van der Waals surface area contributed by atoms with Crippen LogP contribution in [-0.4, -0.2) is 22.2 Å². The van der Waals surface area contributed by atoms with Gasteiger partial charge in [-0.1, -0.05) is 129 Å². The number of rotatable bonds is 17. The minimum absolute atomic E-state index is 1.37. The third-order valence-electron chi connectivity index (χ3n) is 4.64. The van der Waals surface area contributed by atoms with Crippen LogP contribution in [-0.2, 0) is 9.59 Å². The van der Waals surface area contributed by atoms with Crippen molar-refractivity contribution in [3.63, 3.8) is 0 Å². The molecule has 0 aromatic carbocycles. The summed E-state index contributed by atoms with van der Waals surface area (Å²) in [7, 11) is 0. The smallest absolute Gasteiger partial charge is 0.414 e. The molecule has 0 aromatic heterocycles.